The van der Waals surface area contributed by atoms with Gasteiger partial charge >= 0.3 is 0 Å². The third kappa shape index (κ3) is 1.17. The zero-order valence-corrected chi connectivity index (χ0v) is 7.53. The van der Waals surface area contributed by atoms with Crippen molar-refractivity contribution in [1.82, 2.24) is 9.78 Å². The average molecular weight is 170 g/mol. The van der Waals surface area contributed by atoms with Gasteiger partial charge in [0.15, 0.2) is 0 Å². The smallest absolute Gasteiger partial charge is 0.258 e. The SMILES string of the molecule is COc1nn(C(C)C)c(N)c1N. The Hall–Kier alpha value is -1.39. The summed E-state index contributed by atoms with van der Waals surface area (Å²) in [6.07, 6.45) is 0. The highest BCUT2D eigenvalue weighted by atomic mass is 16.5. The number of hydrogen-bond acceptors (Lipinski definition) is 4. The molecule has 0 amide bonds. The molecule has 1 aromatic heterocycles. The molecule has 0 atom stereocenters. The first-order chi connectivity index (χ1) is 5.57. The van der Waals surface area contributed by atoms with Crippen molar-refractivity contribution in [2.24, 2.45) is 0 Å². The summed E-state index contributed by atoms with van der Waals surface area (Å²) in [6.45, 7) is 3.95. The molecule has 1 heterocycles. The topological polar surface area (TPSA) is 79.1 Å². The molecule has 0 radical (unpaired) electrons. The summed E-state index contributed by atoms with van der Waals surface area (Å²) in [7, 11) is 1.52. The Bertz CT molecular complexity index is 279. The van der Waals surface area contributed by atoms with Crippen LogP contribution < -0.4 is 16.2 Å². The Morgan fingerprint density at radius 1 is 1.42 bits per heavy atom. The lowest BCUT2D eigenvalue weighted by Gasteiger charge is -2.05. The number of rotatable bonds is 2. The first kappa shape index (κ1) is 8.70. The third-order valence-corrected chi connectivity index (χ3v) is 1.63. The van der Waals surface area contributed by atoms with Crippen LogP contribution in [0.15, 0.2) is 0 Å². The van der Waals surface area contributed by atoms with Crippen LogP contribution in [0.4, 0.5) is 11.5 Å². The van der Waals surface area contributed by atoms with Gasteiger partial charge in [0.25, 0.3) is 5.88 Å². The van der Waals surface area contributed by atoms with Gasteiger partial charge in [0.1, 0.15) is 11.5 Å². The second kappa shape index (κ2) is 2.92. The minimum absolute atomic E-state index is 0.191. The first-order valence-electron chi connectivity index (χ1n) is 3.75. The van der Waals surface area contributed by atoms with E-state index in [0.29, 0.717) is 17.4 Å². The van der Waals surface area contributed by atoms with Crippen molar-refractivity contribution in [2.75, 3.05) is 18.6 Å². The number of nitrogen functional groups attached to an aromatic ring is 2. The van der Waals surface area contributed by atoms with Crippen molar-refractivity contribution in [3.8, 4) is 5.88 Å². The van der Waals surface area contributed by atoms with Crippen LogP contribution in [0.5, 0.6) is 5.88 Å². The Morgan fingerprint density at radius 3 is 2.25 bits per heavy atom. The minimum Gasteiger partial charge on any atom is -0.478 e. The maximum atomic E-state index is 5.68. The maximum Gasteiger partial charge on any atom is 0.258 e. The lowest BCUT2D eigenvalue weighted by Crippen LogP contribution is -2.07. The Balaban J connectivity index is 3.16. The van der Waals surface area contributed by atoms with Gasteiger partial charge in [-0.05, 0) is 13.8 Å². The monoisotopic (exact) mass is 170 g/mol. The lowest BCUT2D eigenvalue weighted by atomic mass is 10.4. The van der Waals surface area contributed by atoms with Crippen LogP contribution in [0.3, 0.4) is 0 Å². The van der Waals surface area contributed by atoms with Crippen molar-refractivity contribution in [3.63, 3.8) is 0 Å². The molecule has 5 heteroatoms. The second-order valence-corrected chi connectivity index (χ2v) is 2.85. The largest absolute Gasteiger partial charge is 0.478 e. The molecule has 0 spiro atoms. The van der Waals surface area contributed by atoms with Crippen molar-refractivity contribution in [3.05, 3.63) is 0 Å². The Labute approximate surface area is 71.3 Å². The molecule has 0 bridgehead atoms. The summed E-state index contributed by atoms with van der Waals surface area (Å²) in [4.78, 5) is 0. The number of aromatic nitrogens is 2. The highest BCUT2D eigenvalue weighted by Gasteiger charge is 2.14. The molecule has 0 aliphatic carbocycles. The van der Waals surface area contributed by atoms with Crippen molar-refractivity contribution >= 4 is 11.5 Å². The average Bonchev–Trinajstić information content (AvgIpc) is 2.30. The van der Waals surface area contributed by atoms with Crippen molar-refractivity contribution < 1.29 is 4.74 Å². The molecule has 1 aromatic rings. The van der Waals surface area contributed by atoms with Gasteiger partial charge in [0, 0.05) is 6.04 Å². The summed E-state index contributed by atoms with van der Waals surface area (Å²) in [5, 5.41) is 4.07. The molecule has 5 nitrogen and oxygen atoms in total. The normalized spacial score (nSPS) is 10.7. The van der Waals surface area contributed by atoms with Crippen LogP contribution >= 0.6 is 0 Å². The molecule has 12 heavy (non-hydrogen) atoms. The van der Waals surface area contributed by atoms with Gasteiger partial charge in [-0.3, -0.25) is 0 Å². The van der Waals surface area contributed by atoms with E-state index < -0.39 is 0 Å². The van der Waals surface area contributed by atoms with Gasteiger partial charge in [0.05, 0.1) is 7.11 Å². The molecular formula is C7H14N4O. The van der Waals surface area contributed by atoms with E-state index in [1.165, 1.54) is 7.11 Å². The molecule has 0 saturated carbocycles. The number of ether oxygens (including phenoxy) is 1. The van der Waals surface area contributed by atoms with Crippen LogP contribution in [0.25, 0.3) is 0 Å². The zero-order valence-electron chi connectivity index (χ0n) is 7.53. The summed E-state index contributed by atoms with van der Waals surface area (Å²) in [6, 6.07) is 0.191. The maximum absolute atomic E-state index is 5.68. The molecule has 1 rings (SSSR count). The summed E-state index contributed by atoms with van der Waals surface area (Å²) < 4.78 is 6.55. The molecule has 0 aromatic carbocycles. The quantitative estimate of drug-likeness (QED) is 0.682. The molecule has 68 valence electrons. The van der Waals surface area contributed by atoms with Crippen molar-refractivity contribution in [1.29, 1.82) is 0 Å². The fourth-order valence-electron chi connectivity index (χ4n) is 0.983. The summed E-state index contributed by atoms with van der Waals surface area (Å²) >= 11 is 0. The van der Waals surface area contributed by atoms with Gasteiger partial charge in [-0.25, -0.2) is 4.68 Å². The molecule has 0 unspecified atom stereocenters. The van der Waals surface area contributed by atoms with Gasteiger partial charge in [-0.15, -0.1) is 5.10 Å². The molecule has 4 N–H and O–H groups in total. The second-order valence-electron chi connectivity index (χ2n) is 2.85. The van der Waals surface area contributed by atoms with Crippen LogP contribution in [-0.4, -0.2) is 16.9 Å². The molecule has 0 aliphatic rings. The van der Waals surface area contributed by atoms with Crippen LogP contribution in [0.1, 0.15) is 19.9 Å². The number of methoxy groups -OCH3 is 1. The number of nitrogens with zero attached hydrogens (tertiary/aromatic N) is 2. The van der Waals surface area contributed by atoms with E-state index in [0.717, 1.165) is 0 Å². The summed E-state index contributed by atoms with van der Waals surface area (Å²) in [5.74, 6) is 0.850. The van der Waals surface area contributed by atoms with E-state index >= 15 is 0 Å². The van der Waals surface area contributed by atoms with E-state index in [4.69, 9.17) is 16.2 Å². The Kier molecular flexibility index (Phi) is 2.12. The number of nitrogens with two attached hydrogens (primary N) is 2. The highest BCUT2D eigenvalue weighted by Crippen LogP contribution is 2.28. The first-order valence-corrected chi connectivity index (χ1v) is 3.75. The van der Waals surface area contributed by atoms with Gasteiger partial charge in [-0.1, -0.05) is 0 Å². The van der Waals surface area contributed by atoms with E-state index in [1.54, 1.807) is 4.68 Å². The molecule has 0 saturated heterocycles. The van der Waals surface area contributed by atoms with Crippen molar-refractivity contribution in [2.45, 2.75) is 19.9 Å². The lowest BCUT2D eigenvalue weighted by molar-refractivity contribution is 0.385. The van der Waals surface area contributed by atoms with Gasteiger partial charge < -0.3 is 16.2 Å². The predicted molar refractivity (Wildman–Crippen MR) is 48.0 cm³/mol. The van der Waals surface area contributed by atoms with E-state index in [9.17, 15) is 0 Å². The van der Waals surface area contributed by atoms with Gasteiger partial charge in [-0.2, -0.15) is 0 Å². The zero-order chi connectivity index (χ0) is 9.30. The molecular weight excluding hydrogens is 156 g/mol. The number of anilines is 2. The summed E-state index contributed by atoms with van der Waals surface area (Å²) in [5.41, 5.74) is 11.7. The highest BCUT2D eigenvalue weighted by molar-refractivity contribution is 5.65. The predicted octanol–water partition coefficient (Wildman–Crippen LogP) is 0.637. The third-order valence-electron chi connectivity index (χ3n) is 1.63. The van der Waals surface area contributed by atoms with Crippen LogP contribution in [0, 0.1) is 0 Å². The fourth-order valence-corrected chi connectivity index (χ4v) is 0.983. The standard InChI is InChI=1S/C7H14N4O/c1-4(2)11-6(9)5(8)7(10-11)12-3/h4H,8-9H2,1-3H3. The van der Waals surface area contributed by atoms with Crippen LogP contribution in [0.2, 0.25) is 0 Å². The number of hydrogen-bond donors (Lipinski definition) is 2. The Morgan fingerprint density at radius 2 is 2.00 bits per heavy atom. The fraction of sp³-hybridized carbons (Fsp3) is 0.571. The molecule has 0 aliphatic heterocycles. The van der Waals surface area contributed by atoms with Gasteiger partial charge in [0.2, 0.25) is 0 Å². The molecule has 0 fully saturated rings. The van der Waals surface area contributed by atoms with Crippen LogP contribution in [-0.2, 0) is 0 Å². The van der Waals surface area contributed by atoms with E-state index in [-0.39, 0.29) is 6.04 Å². The van der Waals surface area contributed by atoms with E-state index in [1.807, 2.05) is 13.8 Å². The van der Waals surface area contributed by atoms with E-state index in [2.05, 4.69) is 5.10 Å². The minimum atomic E-state index is 0.191.